The normalized spacial score (nSPS) is 30.5. The van der Waals surface area contributed by atoms with Gasteiger partial charge in [-0.25, -0.2) is 4.98 Å². The molecule has 2 bridgehead atoms. The van der Waals surface area contributed by atoms with Crippen LogP contribution in [0.4, 0.5) is 0 Å². The Labute approximate surface area is 162 Å². The van der Waals surface area contributed by atoms with E-state index in [1.807, 2.05) is 4.90 Å². The van der Waals surface area contributed by atoms with Gasteiger partial charge in [0.1, 0.15) is 11.4 Å². The number of fused-ring (bicyclic) bond motifs is 1. The number of hydrogen-bond acceptors (Lipinski definition) is 6. The van der Waals surface area contributed by atoms with E-state index in [-0.39, 0.29) is 35.4 Å². The third-order valence-corrected chi connectivity index (χ3v) is 6.30. The molecule has 0 aliphatic carbocycles. The second-order valence-electron chi connectivity index (χ2n) is 7.89. The van der Waals surface area contributed by atoms with Crippen LogP contribution in [-0.4, -0.2) is 67.8 Å². The average Bonchev–Trinajstić information content (AvgIpc) is 3.46. The molecule has 0 aromatic carbocycles. The van der Waals surface area contributed by atoms with Gasteiger partial charge in [-0.2, -0.15) is 5.10 Å². The maximum atomic E-state index is 12.8. The van der Waals surface area contributed by atoms with Crippen molar-refractivity contribution in [3.63, 3.8) is 0 Å². The van der Waals surface area contributed by atoms with Crippen LogP contribution < -0.4 is 5.32 Å². The summed E-state index contributed by atoms with van der Waals surface area (Å²) < 4.78 is 7.99. The average molecular weight is 382 g/mol. The summed E-state index contributed by atoms with van der Waals surface area (Å²) in [4.78, 5) is 35.0. The van der Waals surface area contributed by atoms with Crippen molar-refractivity contribution in [3.8, 4) is 0 Å². The number of aryl methyl sites for hydroxylation is 1. The maximum Gasteiger partial charge on any atom is 0.274 e. The summed E-state index contributed by atoms with van der Waals surface area (Å²) in [5.74, 6) is 0.125. The van der Waals surface area contributed by atoms with Crippen LogP contribution in [0.5, 0.6) is 0 Å². The number of ether oxygens (including phenoxy) is 1. The minimum atomic E-state index is -0.281. The number of aromatic nitrogens is 4. The smallest absolute Gasteiger partial charge is 0.274 e. The summed E-state index contributed by atoms with van der Waals surface area (Å²) in [6.07, 6.45) is 8.33. The molecule has 146 valence electrons. The monoisotopic (exact) mass is 382 g/mol. The minimum Gasteiger partial charge on any atom is -0.369 e. The molecule has 0 saturated carbocycles. The molecule has 3 aliphatic heterocycles. The number of carbonyl (C=O) groups excluding carboxylic acids is 2. The summed E-state index contributed by atoms with van der Waals surface area (Å²) in [7, 11) is 1.80. The molecule has 5 rings (SSSR count). The fraction of sp³-hybridized carbons (Fsp3) is 0.526. The van der Waals surface area contributed by atoms with Gasteiger partial charge in [-0.05, 0) is 18.9 Å². The van der Waals surface area contributed by atoms with Crippen LogP contribution in [-0.2, 0) is 11.8 Å². The number of likely N-dealkylation sites (tertiary alicyclic amines) is 1. The van der Waals surface area contributed by atoms with Crippen molar-refractivity contribution in [2.75, 3.05) is 19.6 Å². The summed E-state index contributed by atoms with van der Waals surface area (Å²) in [5, 5.41) is 7.21. The number of carbonyl (C=O) groups is 2. The van der Waals surface area contributed by atoms with E-state index in [9.17, 15) is 9.59 Å². The zero-order valence-electron chi connectivity index (χ0n) is 15.6. The molecule has 4 atom stereocenters. The van der Waals surface area contributed by atoms with Crippen LogP contribution in [0.1, 0.15) is 33.8 Å². The van der Waals surface area contributed by atoms with Crippen molar-refractivity contribution < 1.29 is 14.3 Å². The predicted molar refractivity (Wildman–Crippen MR) is 97.3 cm³/mol. The first kappa shape index (κ1) is 17.3. The third-order valence-electron chi connectivity index (χ3n) is 6.30. The Morgan fingerprint density at radius 2 is 2.25 bits per heavy atom. The number of hydrogen-bond donors (Lipinski definition) is 1. The van der Waals surface area contributed by atoms with Gasteiger partial charge in [-0.3, -0.25) is 19.3 Å². The lowest BCUT2D eigenvalue weighted by molar-refractivity contribution is 0.00310. The fourth-order valence-corrected chi connectivity index (χ4v) is 5.03. The zero-order chi connectivity index (χ0) is 19.3. The van der Waals surface area contributed by atoms with Gasteiger partial charge < -0.3 is 15.0 Å². The minimum absolute atomic E-state index is 0.0567. The van der Waals surface area contributed by atoms with Crippen LogP contribution in [0.3, 0.4) is 0 Å². The first-order valence-electron chi connectivity index (χ1n) is 9.57. The van der Waals surface area contributed by atoms with Crippen molar-refractivity contribution in [3.05, 3.63) is 42.2 Å². The van der Waals surface area contributed by atoms with E-state index in [0.29, 0.717) is 31.0 Å². The molecule has 28 heavy (non-hydrogen) atoms. The second-order valence-corrected chi connectivity index (χ2v) is 7.89. The van der Waals surface area contributed by atoms with E-state index in [0.717, 1.165) is 12.8 Å². The largest absolute Gasteiger partial charge is 0.369 e. The van der Waals surface area contributed by atoms with Gasteiger partial charge >= 0.3 is 0 Å². The van der Waals surface area contributed by atoms with Gasteiger partial charge in [0.25, 0.3) is 11.8 Å². The molecule has 2 amide bonds. The lowest BCUT2D eigenvalue weighted by atomic mass is 9.73. The molecule has 3 saturated heterocycles. The molecular weight excluding hydrogens is 360 g/mol. The number of rotatable bonds is 4. The van der Waals surface area contributed by atoms with E-state index in [1.54, 1.807) is 24.0 Å². The molecule has 0 radical (unpaired) electrons. The van der Waals surface area contributed by atoms with Gasteiger partial charge in [0.05, 0.1) is 24.4 Å². The summed E-state index contributed by atoms with van der Waals surface area (Å²) in [5.41, 5.74) is 0.484. The SMILES string of the molecule is Cn1ccc(C(=O)N2C[C@@H]3[C@H](CNC(=O)c4cnccn4)[C@H]4CC[C@]3(C2)O4)n1. The molecule has 0 unspecified atom stereocenters. The van der Waals surface area contributed by atoms with Gasteiger partial charge in [0.15, 0.2) is 0 Å². The topological polar surface area (TPSA) is 102 Å². The van der Waals surface area contributed by atoms with E-state index in [2.05, 4.69) is 20.4 Å². The van der Waals surface area contributed by atoms with Gasteiger partial charge in [0.2, 0.25) is 0 Å². The van der Waals surface area contributed by atoms with Crippen LogP contribution >= 0.6 is 0 Å². The Kier molecular flexibility index (Phi) is 3.94. The molecule has 3 aliphatic rings. The highest BCUT2D eigenvalue weighted by Crippen LogP contribution is 2.54. The highest BCUT2D eigenvalue weighted by Gasteiger charge is 2.63. The molecule has 5 heterocycles. The van der Waals surface area contributed by atoms with Gasteiger partial charge in [-0.15, -0.1) is 0 Å². The number of nitrogens with zero attached hydrogens (tertiary/aromatic N) is 5. The maximum absolute atomic E-state index is 12.8. The van der Waals surface area contributed by atoms with Gasteiger partial charge in [-0.1, -0.05) is 0 Å². The second kappa shape index (κ2) is 6.37. The third kappa shape index (κ3) is 2.69. The Bertz CT molecular complexity index is 915. The van der Waals surface area contributed by atoms with Crippen molar-refractivity contribution >= 4 is 11.8 Å². The highest BCUT2D eigenvalue weighted by atomic mass is 16.5. The number of nitrogens with one attached hydrogen (secondary N) is 1. The Morgan fingerprint density at radius 3 is 3.00 bits per heavy atom. The predicted octanol–water partition coefficient (Wildman–Crippen LogP) is 0.260. The first-order valence-corrected chi connectivity index (χ1v) is 9.57. The molecule has 2 aromatic heterocycles. The van der Waals surface area contributed by atoms with Crippen molar-refractivity contribution in [2.24, 2.45) is 18.9 Å². The molecule has 1 spiro atoms. The Morgan fingerprint density at radius 1 is 1.36 bits per heavy atom. The van der Waals surface area contributed by atoms with E-state index < -0.39 is 0 Å². The zero-order valence-corrected chi connectivity index (χ0v) is 15.6. The van der Waals surface area contributed by atoms with Crippen LogP contribution in [0.25, 0.3) is 0 Å². The number of amides is 2. The molecule has 1 N–H and O–H groups in total. The molecule has 3 fully saturated rings. The van der Waals surface area contributed by atoms with E-state index in [1.165, 1.54) is 18.6 Å². The lowest BCUT2D eigenvalue weighted by Gasteiger charge is -2.29. The first-order chi connectivity index (χ1) is 13.6. The highest BCUT2D eigenvalue weighted by molar-refractivity contribution is 5.93. The molecular formula is C19H22N6O3. The van der Waals surface area contributed by atoms with Crippen molar-refractivity contribution in [1.29, 1.82) is 0 Å². The quantitative estimate of drug-likeness (QED) is 0.814. The van der Waals surface area contributed by atoms with Gasteiger partial charge in [0, 0.05) is 50.6 Å². The van der Waals surface area contributed by atoms with E-state index in [4.69, 9.17) is 4.74 Å². The van der Waals surface area contributed by atoms with E-state index >= 15 is 0 Å². The lowest BCUT2D eigenvalue weighted by Crippen LogP contribution is -2.42. The summed E-state index contributed by atoms with van der Waals surface area (Å²) >= 11 is 0. The van der Waals surface area contributed by atoms with Crippen molar-refractivity contribution in [2.45, 2.75) is 24.5 Å². The summed E-state index contributed by atoms with van der Waals surface area (Å²) in [6.45, 7) is 1.74. The van der Waals surface area contributed by atoms with Crippen LogP contribution in [0.15, 0.2) is 30.9 Å². The van der Waals surface area contributed by atoms with Crippen LogP contribution in [0, 0.1) is 11.8 Å². The molecule has 9 nitrogen and oxygen atoms in total. The molecule has 9 heteroatoms. The fourth-order valence-electron chi connectivity index (χ4n) is 5.03. The standard InChI is InChI=1S/C19H22N6O3/c1-24-7-3-14(23-24)18(27)25-10-13-12(16-2-4-19(13,11-25)28-16)8-22-17(26)15-9-20-5-6-21-15/h3,5-7,9,12-13,16H,2,4,8,10-11H2,1H3,(H,22,26)/t12-,13+,16+,19+/m0/s1. The Balaban J connectivity index is 1.28. The molecule has 2 aromatic rings. The Hall–Kier alpha value is -2.81. The van der Waals surface area contributed by atoms with Crippen molar-refractivity contribution in [1.82, 2.24) is 30.0 Å². The summed E-state index contributed by atoms with van der Waals surface area (Å²) in [6, 6.07) is 1.74. The van der Waals surface area contributed by atoms with Crippen LogP contribution in [0.2, 0.25) is 0 Å².